The fourth-order valence-corrected chi connectivity index (χ4v) is 4.99. The van der Waals surface area contributed by atoms with E-state index >= 15 is 0 Å². The van der Waals surface area contributed by atoms with E-state index < -0.39 is 17.7 Å². The molecule has 0 radical (unpaired) electrons. The lowest BCUT2D eigenvalue weighted by atomic mass is 10.1. The fraction of sp³-hybridized carbons (Fsp3) is 0.240. The minimum Gasteiger partial charge on any atom is -0.342 e. The van der Waals surface area contributed by atoms with E-state index in [-0.39, 0.29) is 22.9 Å². The monoisotopic (exact) mass is 554 g/mol. The highest BCUT2D eigenvalue weighted by atomic mass is 79.9. The first-order valence-corrected chi connectivity index (χ1v) is 12.6. The molecule has 1 fully saturated rings. The van der Waals surface area contributed by atoms with Crippen molar-refractivity contribution in [1.29, 1.82) is 0 Å². The molecule has 35 heavy (non-hydrogen) atoms. The van der Waals surface area contributed by atoms with Crippen molar-refractivity contribution in [3.05, 3.63) is 69.5 Å². The van der Waals surface area contributed by atoms with Crippen molar-refractivity contribution >= 4 is 55.9 Å². The van der Waals surface area contributed by atoms with Crippen molar-refractivity contribution in [1.82, 2.24) is 14.8 Å². The highest BCUT2D eigenvalue weighted by molar-refractivity contribution is 9.10. The highest BCUT2D eigenvalue weighted by Crippen LogP contribution is 2.28. The maximum Gasteiger partial charge on any atom is 0.294 e. The molecule has 180 valence electrons. The number of hydrogen-bond acceptors (Lipinski definition) is 6. The molecular weight excluding hydrogens is 532 g/mol. The van der Waals surface area contributed by atoms with E-state index in [0.29, 0.717) is 24.5 Å². The molecule has 10 heteroatoms. The number of anilines is 1. The lowest BCUT2D eigenvalue weighted by molar-refractivity contribution is -0.124. The summed E-state index contributed by atoms with van der Waals surface area (Å²) >= 11 is 4.77. The van der Waals surface area contributed by atoms with Crippen LogP contribution in [0, 0.1) is 0 Å². The standard InChI is InChI=1S/C25H23BrN4O4S/c1-29(2)24(34)21(31)16-7-3-8-17(12-16)23(33)30-11-5-10-20(30)22(32)28-25-27-19(14-35-25)15-6-4-9-18(26)13-15/h3-4,6-9,12-14,20H,5,10-11H2,1-2H3,(H,27,28,32)/t20-/m0/s1. The Labute approximate surface area is 215 Å². The quantitative estimate of drug-likeness (QED) is 0.365. The van der Waals surface area contributed by atoms with Crippen LogP contribution >= 0.6 is 27.3 Å². The number of halogens is 1. The number of aromatic nitrogens is 1. The Balaban J connectivity index is 1.47. The summed E-state index contributed by atoms with van der Waals surface area (Å²) in [7, 11) is 2.99. The van der Waals surface area contributed by atoms with Gasteiger partial charge in [-0.1, -0.05) is 40.2 Å². The van der Waals surface area contributed by atoms with E-state index in [1.54, 1.807) is 12.1 Å². The second kappa shape index (κ2) is 10.5. The molecule has 1 saturated heterocycles. The van der Waals surface area contributed by atoms with Crippen molar-refractivity contribution < 1.29 is 19.2 Å². The van der Waals surface area contributed by atoms with Crippen LogP contribution in [-0.2, 0) is 9.59 Å². The Morgan fingerprint density at radius 2 is 1.83 bits per heavy atom. The lowest BCUT2D eigenvalue weighted by Crippen LogP contribution is -2.43. The number of ketones is 1. The summed E-state index contributed by atoms with van der Waals surface area (Å²) < 4.78 is 0.936. The Kier molecular flexibility index (Phi) is 7.42. The van der Waals surface area contributed by atoms with Crippen LogP contribution in [0.25, 0.3) is 11.3 Å². The first-order valence-electron chi connectivity index (χ1n) is 10.9. The third kappa shape index (κ3) is 5.49. The van der Waals surface area contributed by atoms with Gasteiger partial charge in [0.2, 0.25) is 11.7 Å². The highest BCUT2D eigenvalue weighted by Gasteiger charge is 2.35. The van der Waals surface area contributed by atoms with Gasteiger partial charge in [0.05, 0.1) is 5.69 Å². The molecule has 3 amide bonds. The molecule has 1 aliphatic rings. The van der Waals surface area contributed by atoms with E-state index in [2.05, 4.69) is 26.2 Å². The zero-order chi connectivity index (χ0) is 25.1. The van der Waals surface area contributed by atoms with Gasteiger partial charge in [-0.25, -0.2) is 4.98 Å². The van der Waals surface area contributed by atoms with Crippen molar-refractivity contribution in [3.8, 4) is 11.3 Å². The third-order valence-corrected chi connectivity index (χ3v) is 6.89. The van der Waals surface area contributed by atoms with Crippen molar-refractivity contribution in [3.63, 3.8) is 0 Å². The summed E-state index contributed by atoms with van der Waals surface area (Å²) in [6.07, 6.45) is 1.21. The van der Waals surface area contributed by atoms with Crippen LogP contribution in [0.2, 0.25) is 0 Å². The van der Waals surface area contributed by atoms with E-state index in [9.17, 15) is 19.2 Å². The number of nitrogens with one attached hydrogen (secondary N) is 1. The number of carbonyl (C=O) groups is 4. The van der Waals surface area contributed by atoms with Crippen LogP contribution in [0.3, 0.4) is 0 Å². The zero-order valence-electron chi connectivity index (χ0n) is 19.2. The molecule has 0 bridgehead atoms. The van der Waals surface area contributed by atoms with Crippen LogP contribution in [0.15, 0.2) is 58.4 Å². The second-order valence-electron chi connectivity index (χ2n) is 8.30. The van der Waals surface area contributed by atoms with E-state index in [1.807, 2.05) is 29.6 Å². The van der Waals surface area contributed by atoms with Crippen molar-refractivity contribution in [2.45, 2.75) is 18.9 Å². The molecule has 0 unspecified atom stereocenters. The fourth-order valence-electron chi connectivity index (χ4n) is 3.87. The third-order valence-electron chi connectivity index (χ3n) is 5.64. The van der Waals surface area contributed by atoms with Gasteiger partial charge in [-0.05, 0) is 37.1 Å². The molecule has 0 spiro atoms. The molecule has 1 atom stereocenters. The Morgan fingerprint density at radius 1 is 1.09 bits per heavy atom. The van der Waals surface area contributed by atoms with Gasteiger partial charge in [-0.2, -0.15) is 0 Å². The molecule has 1 aromatic heterocycles. The number of Topliss-reactive ketones (excluding diaryl/α,β-unsaturated/α-hetero) is 1. The van der Waals surface area contributed by atoms with Gasteiger partial charge in [0.1, 0.15) is 6.04 Å². The van der Waals surface area contributed by atoms with Gasteiger partial charge < -0.3 is 15.1 Å². The summed E-state index contributed by atoms with van der Waals surface area (Å²) in [6.45, 7) is 0.423. The van der Waals surface area contributed by atoms with E-state index in [0.717, 1.165) is 15.7 Å². The molecule has 0 aliphatic carbocycles. The Morgan fingerprint density at radius 3 is 2.57 bits per heavy atom. The van der Waals surface area contributed by atoms with Gasteiger partial charge >= 0.3 is 0 Å². The topological polar surface area (TPSA) is 99.7 Å². The number of amides is 3. The zero-order valence-corrected chi connectivity index (χ0v) is 21.6. The number of nitrogens with zero attached hydrogens (tertiary/aromatic N) is 3. The molecular formula is C25H23BrN4O4S. The summed E-state index contributed by atoms with van der Waals surface area (Å²) in [6, 6.07) is 13.1. The predicted molar refractivity (Wildman–Crippen MR) is 137 cm³/mol. The first-order chi connectivity index (χ1) is 16.7. The van der Waals surface area contributed by atoms with E-state index in [1.165, 1.54) is 47.4 Å². The van der Waals surface area contributed by atoms with Gasteiger partial charge in [0.15, 0.2) is 5.13 Å². The van der Waals surface area contributed by atoms with Crippen LogP contribution in [-0.4, -0.2) is 65.0 Å². The van der Waals surface area contributed by atoms with Crippen LogP contribution in [0.1, 0.15) is 33.6 Å². The molecule has 1 N–H and O–H groups in total. The second-order valence-corrected chi connectivity index (χ2v) is 10.1. The summed E-state index contributed by atoms with van der Waals surface area (Å²) in [4.78, 5) is 57.9. The number of hydrogen-bond donors (Lipinski definition) is 1. The maximum atomic E-state index is 13.2. The minimum atomic E-state index is -0.689. The number of likely N-dealkylation sites (N-methyl/N-ethyl adjacent to an activating group) is 1. The summed E-state index contributed by atoms with van der Waals surface area (Å²) in [5, 5.41) is 5.17. The van der Waals surface area contributed by atoms with Gasteiger partial charge in [-0.15, -0.1) is 11.3 Å². The molecule has 0 saturated carbocycles. The minimum absolute atomic E-state index is 0.137. The van der Waals surface area contributed by atoms with E-state index in [4.69, 9.17) is 0 Å². The van der Waals surface area contributed by atoms with Gasteiger partial charge in [0.25, 0.3) is 11.8 Å². The van der Waals surface area contributed by atoms with Crippen LogP contribution < -0.4 is 5.32 Å². The van der Waals surface area contributed by atoms with Crippen molar-refractivity contribution in [2.24, 2.45) is 0 Å². The molecule has 2 aromatic carbocycles. The van der Waals surface area contributed by atoms with Gasteiger partial charge in [0, 0.05) is 47.2 Å². The smallest absolute Gasteiger partial charge is 0.294 e. The van der Waals surface area contributed by atoms with Gasteiger partial charge in [-0.3, -0.25) is 19.2 Å². The SMILES string of the molecule is CN(C)C(=O)C(=O)c1cccc(C(=O)N2CCC[C@H]2C(=O)Nc2nc(-c3cccc(Br)c3)cs2)c1. The summed E-state index contributed by atoms with van der Waals surface area (Å²) in [5.41, 5.74) is 2.07. The number of carbonyl (C=O) groups excluding carboxylic acids is 4. The maximum absolute atomic E-state index is 13.2. The average Bonchev–Trinajstić information content (AvgIpc) is 3.52. The molecule has 3 aromatic rings. The Bertz CT molecular complexity index is 1310. The normalized spacial score (nSPS) is 15.1. The molecule has 2 heterocycles. The Hall–Kier alpha value is -3.37. The first kappa shape index (κ1) is 24.7. The number of benzene rings is 2. The number of likely N-dealkylation sites (tertiary alicyclic amines) is 1. The average molecular weight is 555 g/mol. The molecule has 1 aliphatic heterocycles. The molecule has 8 nitrogen and oxygen atoms in total. The van der Waals surface area contributed by atoms with Crippen LogP contribution in [0.5, 0.6) is 0 Å². The number of rotatable bonds is 6. The predicted octanol–water partition coefficient (Wildman–Crippen LogP) is 4.09. The van der Waals surface area contributed by atoms with Crippen molar-refractivity contribution in [2.75, 3.05) is 26.0 Å². The number of thiazole rings is 1. The lowest BCUT2D eigenvalue weighted by Gasteiger charge is -2.23. The largest absolute Gasteiger partial charge is 0.342 e. The van der Waals surface area contributed by atoms with Crippen LogP contribution in [0.4, 0.5) is 5.13 Å². The molecule has 4 rings (SSSR count). The summed E-state index contributed by atoms with van der Waals surface area (Å²) in [5.74, 6) is -2.02.